The molecule has 0 unspecified atom stereocenters. The lowest BCUT2D eigenvalue weighted by atomic mass is 9.99. The molecule has 2 aromatic carbocycles. The molecule has 2 N–H and O–H groups in total. The van der Waals surface area contributed by atoms with Crippen LogP contribution in [0.1, 0.15) is 11.1 Å². The topological polar surface area (TPSA) is 52.0 Å². The summed E-state index contributed by atoms with van der Waals surface area (Å²) in [6, 6.07) is 12.9. The molecule has 4 heteroatoms. The molecular weight excluding hydrogens is 267 g/mol. The van der Waals surface area contributed by atoms with E-state index in [0.29, 0.717) is 22.4 Å². The van der Waals surface area contributed by atoms with Gasteiger partial charge in [0.1, 0.15) is 11.5 Å². The van der Waals surface area contributed by atoms with Crippen molar-refractivity contribution >= 4 is 5.88 Å². The molecule has 1 heterocycles. The summed E-state index contributed by atoms with van der Waals surface area (Å²) in [5.74, 6) is -0.0409. The van der Waals surface area contributed by atoms with E-state index in [9.17, 15) is 4.39 Å². The summed E-state index contributed by atoms with van der Waals surface area (Å²) in [6.07, 6.45) is 0. The first-order valence-corrected chi connectivity index (χ1v) is 6.65. The molecular formula is C17H15FN2O. The zero-order chi connectivity index (χ0) is 15.0. The Bertz CT molecular complexity index is 808. The van der Waals surface area contributed by atoms with Gasteiger partial charge in [0.25, 0.3) is 0 Å². The van der Waals surface area contributed by atoms with Crippen molar-refractivity contribution in [3.8, 4) is 22.4 Å². The summed E-state index contributed by atoms with van der Waals surface area (Å²) in [4.78, 5) is 0. The molecule has 0 aliphatic rings. The van der Waals surface area contributed by atoms with Crippen LogP contribution in [0.4, 0.5) is 10.3 Å². The summed E-state index contributed by atoms with van der Waals surface area (Å²) in [5.41, 5.74) is 10.4. The summed E-state index contributed by atoms with van der Waals surface area (Å²) < 4.78 is 18.9. The molecule has 0 aliphatic carbocycles. The van der Waals surface area contributed by atoms with Crippen molar-refractivity contribution in [2.45, 2.75) is 13.8 Å². The van der Waals surface area contributed by atoms with Crippen LogP contribution in [0.2, 0.25) is 0 Å². The Labute approximate surface area is 122 Å². The molecule has 0 fully saturated rings. The summed E-state index contributed by atoms with van der Waals surface area (Å²) in [7, 11) is 0. The number of nitrogen functional groups attached to an aromatic ring is 1. The monoisotopic (exact) mass is 282 g/mol. The Morgan fingerprint density at radius 2 is 1.86 bits per heavy atom. The van der Waals surface area contributed by atoms with Gasteiger partial charge in [-0.3, -0.25) is 0 Å². The summed E-state index contributed by atoms with van der Waals surface area (Å²) in [5, 5.41) is 4.00. The first kappa shape index (κ1) is 13.4. The van der Waals surface area contributed by atoms with Crippen LogP contribution < -0.4 is 5.73 Å². The van der Waals surface area contributed by atoms with Gasteiger partial charge in [-0.15, -0.1) is 0 Å². The fourth-order valence-corrected chi connectivity index (χ4v) is 2.32. The zero-order valence-corrected chi connectivity index (χ0v) is 11.9. The number of nitrogens with zero attached hydrogens (tertiary/aromatic N) is 1. The number of halogens is 1. The quantitative estimate of drug-likeness (QED) is 0.760. The number of benzene rings is 2. The number of hydrogen-bond donors (Lipinski definition) is 1. The van der Waals surface area contributed by atoms with Crippen LogP contribution in [0.15, 0.2) is 47.0 Å². The van der Waals surface area contributed by atoms with Crippen LogP contribution in [0.25, 0.3) is 22.4 Å². The van der Waals surface area contributed by atoms with Crippen LogP contribution in [0.3, 0.4) is 0 Å². The van der Waals surface area contributed by atoms with Crippen molar-refractivity contribution in [1.82, 2.24) is 5.16 Å². The van der Waals surface area contributed by atoms with Crippen LogP contribution in [0.5, 0.6) is 0 Å². The number of hydrogen-bond acceptors (Lipinski definition) is 3. The molecule has 0 aliphatic heterocycles. The molecule has 106 valence electrons. The maximum Gasteiger partial charge on any atom is 0.230 e. The third-order valence-corrected chi connectivity index (χ3v) is 3.47. The van der Waals surface area contributed by atoms with Gasteiger partial charge in [0.15, 0.2) is 0 Å². The molecule has 21 heavy (non-hydrogen) atoms. The number of nitrogens with two attached hydrogens (primary N) is 1. The highest BCUT2D eigenvalue weighted by Crippen LogP contribution is 2.36. The molecule has 0 atom stereocenters. The van der Waals surface area contributed by atoms with Crippen molar-refractivity contribution in [3.63, 3.8) is 0 Å². The first-order valence-electron chi connectivity index (χ1n) is 6.65. The SMILES string of the molecule is Cc1cccc(-c2c(-c3ccc(C)c(F)c3)noc2N)c1. The Kier molecular flexibility index (Phi) is 3.22. The highest BCUT2D eigenvalue weighted by Gasteiger charge is 2.18. The Hall–Kier alpha value is -2.62. The minimum atomic E-state index is -0.274. The molecule has 3 nitrogen and oxygen atoms in total. The van der Waals surface area contributed by atoms with Crippen molar-refractivity contribution in [3.05, 3.63) is 59.4 Å². The Balaban J connectivity index is 2.19. The van der Waals surface area contributed by atoms with Gasteiger partial charge in [0.2, 0.25) is 5.88 Å². The molecule has 0 bridgehead atoms. The second-order valence-electron chi connectivity index (χ2n) is 5.10. The number of anilines is 1. The van der Waals surface area contributed by atoms with Gasteiger partial charge in [0, 0.05) is 5.56 Å². The Morgan fingerprint density at radius 1 is 1.05 bits per heavy atom. The number of rotatable bonds is 2. The van der Waals surface area contributed by atoms with Crippen molar-refractivity contribution in [2.75, 3.05) is 5.73 Å². The van der Waals surface area contributed by atoms with Gasteiger partial charge < -0.3 is 10.3 Å². The lowest BCUT2D eigenvalue weighted by molar-refractivity contribution is 0.439. The average Bonchev–Trinajstić information content (AvgIpc) is 2.84. The van der Waals surface area contributed by atoms with E-state index in [1.165, 1.54) is 6.07 Å². The Morgan fingerprint density at radius 3 is 2.57 bits per heavy atom. The van der Waals surface area contributed by atoms with Crippen LogP contribution >= 0.6 is 0 Å². The van der Waals surface area contributed by atoms with E-state index >= 15 is 0 Å². The van der Waals surface area contributed by atoms with Gasteiger partial charge in [0.05, 0.1) is 5.56 Å². The van der Waals surface area contributed by atoms with Crippen LogP contribution in [0, 0.1) is 19.7 Å². The van der Waals surface area contributed by atoms with E-state index < -0.39 is 0 Å². The molecule has 0 saturated heterocycles. The third-order valence-electron chi connectivity index (χ3n) is 3.47. The fourth-order valence-electron chi connectivity index (χ4n) is 2.32. The van der Waals surface area contributed by atoms with Crippen LogP contribution in [-0.4, -0.2) is 5.16 Å². The third kappa shape index (κ3) is 2.40. The maximum atomic E-state index is 13.8. The highest BCUT2D eigenvalue weighted by atomic mass is 19.1. The molecule has 0 radical (unpaired) electrons. The number of aromatic nitrogens is 1. The van der Waals surface area contributed by atoms with E-state index in [1.807, 2.05) is 37.3 Å². The predicted octanol–water partition coefficient (Wildman–Crippen LogP) is 4.35. The molecule has 1 aromatic heterocycles. The van der Waals surface area contributed by atoms with E-state index in [1.54, 1.807) is 13.0 Å². The lowest BCUT2D eigenvalue weighted by Crippen LogP contribution is -1.90. The molecule has 0 amide bonds. The molecule has 0 saturated carbocycles. The van der Waals surface area contributed by atoms with Crippen molar-refractivity contribution in [2.24, 2.45) is 0 Å². The van der Waals surface area contributed by atoms with Crippen molar-refractivity contribution < 1.29 is 8.91 Å². The second-order valence-corrected chi connectivity index (χ2v) is 5.10. The second kappa shape index (κ2) is 5.05. The number of aryl methyl sites for hydroxylation is 2. The van der Waals surface area contributed by atoms with Gasteiger partial charge in [-0.1, -0.05) is 47.1 Å². The largest absolute Gasteiger partial charge is 0.367 e. The minimum absolute atomic E-state index is 0.233. The first-order chi connectivity index (χ1) is 10.1. The fraction of sp³-hybridized carbons (Fsp3) is 0.118. The summed E-state index contributed by atoms with van der Waals surface area (Å²) >= 11 is 0. The minimum Gasteiger partial charge on any atom is -0.367 e. The molecule has 0 spiro atoms. The maximum absolute atomic E-state index is 13.8. The van der Waals surface area contributed by atoms with Gasteiger partial charge in [-0.25, -0.2) is 4.39 Å². The van der Waals surface area contributed by atoms with Gasteiger partial charge in [-0.2, -0.15) is 0 Å². The molecule has 3 rings (SSSR count). The highest BCUT2D eigenvalue weighted by molar-refractivity contribution is 5.87. The van der Waals surface area contributed by atoms with Crippen molar-refractivity contribution in [1.29, 1.82) is 0 Å². The van der Waals surface area contributed by atoms with Crippen LogP contribution in [-0.2, 0) is 0 Å². The lowest BCUT2D eigenvalue weighted by Gasteiger charge is -2.05. The van der Waals surface area contributed by atoms with E-state index in [4.69, 9.17) is 10.3 Å². The standard InChI is InChI=1S/C17H15FN2O/c1-10-4-3-5-12(8-10)15-16(20-21-17(15)19)13-7-6-11(2)14(18)9-13/h3-9H,19H2,1-2H3. The van der Waals surface area contributed by atoms with Gasteiger partial charge in [-0.05, 0) is 31.0 Å². The normalized spacial score (nSPS) is 10.8. The van der Waals surface area contributed by atoms with E-state index in [0.717, 1.165) is 11.1 Å². The van der Waals surface area contributed by atoms with E-state index in [2.05, 4.69) is 5.16 Å². The zero-order valence-electron chi connectivity index (χ0n) is 11.9. The molecule has 3 aromatic rings. The summed E-state index contributed by atoms with van der Waals surface area (Å²) in [6.45, 7) is 3.72. The predicted molar refractivity (Wildman–Crippen MR) is 81.2 cm³/mol. The van der Waals surface area contributed by atoms with E-state index in [-0.39, 0.29) is 11.7 Å². The smallest absolute Gasteiger partial charge is 0.230 e. The van der Waals surface area contributed by atoms with Gasteiger partial charge >= 0.3 is 0 Å². The average molecular weight is 282 g/mol.